The van der Waals surface area contributed by atoms with E-state index < -0.39 is 32.0 Å². The van der Waals surface area contributed by atoms with Crippen LogP contribution in [0.4, 0.5) is 8.78 Å². The summed E-state index contributed by atoms with van der Waals surface area (Å²) < 4.78 is 75.9. The molecule has 3 aromatic rings. The Kier molecular flexibility index (Phi) is 12.3. The molecule has 0 bridgehead atoms. The predicted octanol–water partition coefficient (Wildman–Crippen LogP) is 7.22. The van der Waals surface area contributed by atoms with E-state index in [2.05, 4.69) is 32.5 Å². The third-order valence-corrected chi connectivity index (χ3v) is 12.2. The number of pyridine rings is 1. The quantitative estimate of drug-likeness (QED) is 0.144. The van der Waals surface area contributed by atoms with Gasteiger partial charge in [0.15, 0.2) is 5.70 Å². The maximum absolute atomic E-state index is 13.5. The minimum Gasteiger partial charge on any atom is -0.220 e. The number of benzene rings is 2. The molecule has 1 aliphatic heterocycles. The van der Waals surface area contributed by atoms with Gasteiger partial charge < -0.3 is 0 Å². The molecular weight excluding hydrogens is 734 g/mol. The first kappa shape index (κ1) is 38.1. The first-order valence-corrected chi connectivity index (χ1v) is 19.1. The number of sulfonamides is 2. The molecule has 13 heteroatoms. The van der Waals surface area contributed by atoms with Gasteiger partial charge in [-0.3, -0.25) is 0 Å². The van der Waals surface area contributed by atoms with Gasteiger partial charge in [0.1, 0.15) is 0 Å². The SMILES string of the molecule is C=C1C=C2N=C(F)C=C[C+]2C1.CC1=C(Cc2ccc(S(=O)(=O)N(C)C)cc2)c2nc(F)ccc2C1.CN(C)S(=O)(=O)c1ccc(CBr)cc1. The van der Waals surface area contributed by atoms with Crippen LogP contribution in [-0.4, -0.2) is 64.6 Å². The lowest BCUT2D eigenvalue weighted by molar-refractivity contribution is 0.519. The van der Waals surface area contributed by atoms with Crippen molar-refractivity contribution in [1.29, 1.82) is 0 Å². The third kappa shape index (κ3) is 9.28. The first-order chi connectivity index (χ1) is 23.0. The summed E-state index contributed by atoms with van der Waals surface area (Å²) >= 11 is 3.30. The fourth-order valence-corrected chi connectivity index (χ4v) is 7.27. The van der Waals surface area contributed by atoms with E-state index in [1.165, 1.54) is 54.5 Å². The largest absolute Gasteiger partial charge is 0.271 e. The molecule has 1 aromatic heterocycles. The number of nitrogens with zero attached hydrogens (tertiary/aromatic N) is 4. The van der Waals surface area contributed by atoms with E-state index in [1.54, 1.807) is 60.7 Å². The number of dihydropyridines is 1. The molecule has 0 N–H and O–H groups in total. The van der Waals surface area contributed by atoms with Crippen LogP contribution in [0, 0.1) is 11.9 Å². The van der Waals surface area contributed by atoms with Crippen molar-refractivity contribution in [3.8, 4) is 0 Å². The average Bonchev–Trinajstić information content (AvgIpc) is 3.58. The van der Waals surface area contributed by atoms with E-state index in [1.807, 2.05) is 13.0 Å². The molecule has 49 heavy (non-hydrogen) atoms. The Balaban J connectivity index is 0.000000183. The van der Waals surface area contributed by atoms with Crippen molar-refractivity contribution in [2.45, 2.75) is 41.3 Å². The lowest BCUT2D eigenvalue weighted by Crippen LogP contribution is -2.22. The molecule has 0 atom stereocenters. The number of halogens is 3. The van der Waals surface area contributed by atoms with Gasteiger partial charge in [-0.25, -0.2) is 30.4 Å². The Bertz CT molecular complexity index is 2050. The standard InChI is InChI=1S/C18H19FN2O2S.C9H12BrNO2S.C9H7FN/c1-12-10-14-6-9-17(19)20-18(14)16(12)11-13-4-7-15(8-5-13)24(22,23)21(2)3;1-11(2)14(12,13)9-5-3-8(7-10)4-6-9;1-6-4-7-2-3-9(10)11-8(7)5-6/h4-9H,10-11H2,1-3H3;3-6H,7H2,1-2H3;2-3,5H,1,4H2/q;;+1. The molecule has 0 fully saturated rings. The number of fused-ring (bicyclic) bond motifs is 2. The zero-order valence-electron chi connectivity index (χ0n) is 27.9. The number of hydrogen-bond acceptors (Lipinski definition) is 6. The Morgan fingerprint density at radius 3 is 1.94 bits per heavy atom. The summed E-state index contributed by atoms with van der Waals surface area (Å²) in [5, 5.41) is 0.731. The molecule has 0 saturated carbocycles. The van der Waals surface area contributed by atoms with Crippen LogP contribution in [0.5, 0.6) is 0 Å². The number of rotatable bonds is 7. The number of allylic oxidation sites excluding steroid dienone is 6. The van der Waals surface area contributed by atoms with Crippen molar-refractivity contribution < 1.29 is 25.6 Å². The van der Waals surface area contributed by atoms with Crippen LogP contribution in [0.1, 0.15) is 35.7 Å². The van der Waals surface area contributed by atoms with Crippen LogP contribution in [0.25, 0.3) is 5.57 Å². The van der Waals surface area contributed by atoms with Crippen LogP contribution >= 0.6 is 15.9 Å². The molecule has 258 valence electrons. The van der Waals surface area contributed by atoms with Gasteiger partial charge in [-0.1, -0.05) is 58.4 Å². The highest BCUT2D eigenvalue weighted by atomic mass is 79.9. The second kappa shape index (κ2) is 15.9. The molecule has 3 aliphatic rings. The van der Waals surface area contributed by atoms with Gasteiger partial charge in [0.25, 0.3) is 5.97 Å². The van der Waals surface area contributed by atoms with E-state index in [4.69, 9.17) is 0 Å². The third-order valence-electron chi connectivity index (χ3n) is 7.88. The molecule has 0 spiro atoms. The first-order valence-electron chi connectivity index (χ1n) is 15.1. The second-order valence-electron chi connectivity index (χ2n) is 11.9. The fraction of sp³-hybridized carbons (Fsp3) is 0.250. The van der Waals surface area contributed by atoms with Gasteiger partial charge in [0.05, 0.1) is 46.1 Å². The summed E-state index contributed by atoms with van der Waals surface area (Å²) in [7, 11) is -0.653. The molecule has 2 aliphatic carbocycles. The Labute approximate surface area is 296 Å². The zero-order valence-corrected chi connectivity index (χ0v) is 31.1. The summed E-state index contributed by atoms with van der Waals surface area (Å²) in [4.78, 5) is 8.34. The zero-order chi connectivity index (χ0) is 36.1. The van der Waals surface area contributed by atoms with Gasteiger partial charge in [-0.05, 0) is 72.4 Å². The van der Waals surface area contributed by atoms with Crippen LogP contribution in [0.2, 0.25) is 0 Å². The maximum Gasteiger partial charge on any atom is 0.271 e. The Morgan fingerprint density at radius 2 is 1.41 bits per heavy atom. The van der Waals surface area contributed by atoms with E-state index in [-0.39, 0.29) is 4.90 Å². The van der Waals surface area contributed by atoms with Crippen molar-refractivity contribution in [2.75, 3.05) is 28.2 Å². The monoisotopic (exact) mass is 771 g/mol. The molecule has 0 amide bonds. The molecule has 0 unspecified atom stereocenters. The average molecular weight is 773 g/mol. The van der Waals surface area contributed by atoms with Gasteiger partial charge in [-0.15, -0.1) is 0 Å². The van der Waals surface area contributed by atoms with Crippen LogP contribution in [0.3, 0.4) is 0 Å². The van der Waals surface area contributed by atoms with E-state index in [0.717, 1.165) is 63.3 Å². The highest BCUT2D eigenvalue weighted by molar-refractivity contribution is 9.08. The highest BCUT2D eigenvalue weighted by Gasteiger charge is 2.30. The molecular formula is C36H38BrF2N4O4S2+. The van der Waals surface area contributed by atoms with Gasteiger partial charge in [0.2, 0.25) is 26.0 Å². The second-order valence-corrected chi connectivity index (χ2v) is 16.8. The predicted molar refractivity (Wildman–Crippen MR) is 194 cm³/mol. The van der Waals surface area contributed by atoms with Crippen LogP contribution < -0.4 is 0 Å². The normalized spacial score (nSPS) is 15.3. The molecule has 8 nitrogen and oxygen atoms in total. The van der Waals surface area contributed by atoms with E-state index in [9.17, 15) is 25.6 Å². The molecule has 2 aromatic carbocycles. The van der Waals surface area contributed by atoms with Crippen LogP contribution in [0.15, 0.2) is 117 Å². The molecule has 6 rings (SSSR count). The number of alkyl halides is 1. The lowest BCUT2D eigenvalue weighted by atomic mass is 10.0. The smallest absolute Gasteiger partial charge is 0.220 e. The van der Waals surface area contributed by atoms with Crippen molar-refractivity contribution in [1.82, 2.24) is 13.6 Å². The summed E-state index contributed by atoms with van der Waals surface area (Å²) in [5.74, 6) is 0.166. The number of aromatic nitrogens is 1. The number of aliphatic imine (C=N–C) groups is 1. The number of hydrogen-bond donors (Lipinski definition) is 0. The molecule has 0 radical (unpaired) electrons. The fourth-order valence-electron chi connectivity index (χ4n) is 5.10. The van der Waals surface area contributed by atoms with Gasteiger partial charge in [-0.2, -0.15) is 13.8 Å². The Hall–Kier alpha value is -3.75. The summed E-state index contributed by atoms with van der Waals surface area (Å²) in [6, 6.07) is 16.8. The van der Waals surface area contributed by atoms with Crippen molar-refractivity contribution in [3.05, 3.63) is 137 Å². The van der Waals surface area contributed by atoms with Gasteiger partial charge in [0, 0.05) is 39.1 Å². The maximum atomic E-state index is 13.5. The summed E-state index contributed by atoms with van der Waals surface area (Å²) in [5.41, 5.74) is 7.71. The lowest BCUT2D eigenvalue weighted by Gasteiger charge is -2.12. The van der Waals surface area contributed by atoms with E-state index >= 15 is 0 Å². The van der Waals surface area contributed by atoms with Gasteiger partial charge >= 0.3 is 0 Å². The molecule has 2 heterocycles. The van der Waals surface area contributed by atoms with Crippen LogP contribution in [-0.2, 0) is 38.2 Å². The van der Waals surface area contributed by atoms with Crippen molar-refractivity contribution >= 4 is 47.5 Å². The van der Waals surface area contributed by atoms with E-state index in [0.29, 0.717) is 11.3 Å². The highest BCUT2D eigenvalue weighted by Crippen LogP contribution is 2.35. The van der Waals surface area contributed by atoms with Crippen molar-refractivity contribution in [2.24, 2.45) is 4.99 Å². The Morgan fingerprint density at radius 1 is 0.857 bits per heavy atom. The molecule has 0 saturated heterocycles. The van der Waals surface area contributed by atoms with Crippen molar-refractivity contribution in [3.63, 3.8) is 0 Å². The topological polar surface area (TPSA) is 100 Å². The minimum atomic E-state index is -3.43. The summed E-state index contributed by atoms with van der Waals surface area (Å²) in [6.45, 7) is 5.81. The summed E-state index contributed by atoms with van der Waals surface area (Å²) in [6.07, 6.45) is 7.15. The minimum absolute atomic E-state index is 0.262.